The molecule has 31 heavy (non-hydrogen) atoms. The molecule has 8 nitrogen and oxygen atoms in total. The van der Waals surface area contributed by atoms with Gasteiger partial charge in [-0.1, -0.05) is 54.2 Å². The highest BCUT2D eigenvalue weighted by Crippen LogP contribution is 2.31. The van der Waals surface area contributed by atoms with Crippen molar-refractivity contribution >= 4 is 45.1 Å². The summed E-state index contributed by atoms with van der Waals surface area (Å²) in [6, 6.07) is 17.3. The van der Waals surface area contributed by atoms with Gasteiger partial charge in [-0.2, -0.15) is 0 Å². The second-order valence-electron chi connectivity index (χ2n) is 6.75. The molecular formula is C20H20N6O2S3. The van der Waals surface area contributed by atoms with Gasteiger partial charge in [-0.25, -0.2) is 14.6 Å². The molecule has 2 aromatic carbocycles. The van der Waals surface area contributed by atoms with Crippen LogP contribution in [0.1, 0.15) is 24.2 Å². The van der Waals surface area contributed by atoms with Crippen LogP contribution in [0, 0.1) is 4.91 Å². The molecule has 1 aliphatic heterocycles. The number of rotatable bonds is 8. The first-order chi connectivity index (χ1) is 15.1. The molecule has 160 valence electrons. The van der Waals surface area contributed by atoms with Gasteiger partial charge in [0.25, 0.3) is 11.2 Å². The van der Waals surface area contributed by atoms with Crippen LogP contribution >= 0.6 is 23.1 Å². The number of hydrogen-bond acceptors (Lipinski definition) is 7. The number of hydrazine groups is 1. The van der Waals surface area contributed by atoms with Crippen molar-refractivity contribution in [3.8, 4) is 10.6 Å². The first-order valence-corrected chi connectivity index (χ1v) is 12.3. The van der Waals surface area contributed by atoms with Crippen molar-refractivity contribution in [2.75, 3.05) is 4.72 Å². The molecule has 3 atom stereocenters. The minimum atomic E-state index is -1.98. The van der Waals surface area contributed by atoms with E-state index in [1.54, 1.807) is 35.2 Å². The number of hydrogen-bond donors (Lipinski definition) is 3. The summed E-state index contributed by atoms with van der Waals surface area (Å²) in [5, 5.41) is 4.09. The number of anilines is 1. The fraction of sp³-hybridized carbons (Fsp3) is 0.200. The summed E-state index contributed by atoms with van der Waals surface area (Å²) in [5.41, 5.74) is 9.87. The van der Waals surface area contributed by atoms with Crippen molar-refractivity contribution in [1.82, 2.24) is 15.8 Å². The molecule has 0 saturated carbocycles. The van der Waals surface area contributed by atoms with Crippen LogP contribution in [0.15, 0.2) is 69.6 Å². The Morgan fingerprint density at radius 2 is 1.97 bits per heavy atom. The Labute approximate surface area is 190 Å². The first-order valence-electron chi connectivity index (χ1n) is 9.48. The molecule has 0 spiro atoms. The van der Waals surface area contributed by atoms with Gasteiger partial charge in [0, 0.05) is 23.1 Å². The molecule has 4 rings (SSSR count). The van der Waals surface area contributed by atoms with E-state index < -0.39 is 11.2 Å². The van der Waals surface area contributed by atoms with Crippen molar-refractivity contribution < 1.29 is 4.21 Å². The number of benzene rings is 2. The zero-order valence-electron chi connectivity index (χ0n) is 16.5. The van der Waals surface area contributed by atoms with Crippen LogP contribution in [0.25, 0.3) is 10.6 Å². The summed E-state index contributed by atoms with van der Waals surface area (Å²) in [6.07, 6.45) is 0.646. The van der Waals surface area contributed by atoms with E-state index in [-0.39, 0.29) is 11.4 Å². The molecule has 0 aliphatic carbocycles. The maximum atomic E-state index is 11.2. The Bertz CT molecular complexity index is 1090. The Morgan fingerprint density at radius 3 is 2.65 bits per heavy atom. The van der Waals surface area contributed by atoms with E-state index >= 15 is 0 Å². The van der Waals surface area contributed by atoms with Gasteiger partial charge in [0.2, 0.25) is 0 Å². The lowest BCUT2D eigenvalue weighted by atomic mass is 10.0. The molecule has 0 amide bonds. The predicted molar refractivity (Wildman–Crippen MR) is 129 cm³/mol. The Kier molecular flexibility index (Phi) is 7.07. The van der Waals surface area contributed by atoms with Crippen molar-refractivity contribution in [2.45, 2.75) is 24.8 Å². The Balaban J connectivity index is 1.57. The van der Waals surface area contributed by atoms with Crippen molar-refractivity contribution in [1.29, 1.82) is 0 Å². The van der Waals surface area contributed by atoms with Crippen molar-refractivity contribution in [3.63, 3.8) is 0 Å². The second kappa shape index (κ2) is 10.1. The smallest absolute Gasteiger partial charge is 0.281 e. The third kappa shape index (κ3) is 5.76. The molecular weight excluding hydrogens is 452 g/mol. The van der Waals surface area contributed by atoms with Gasteiger partial charge in [-0.05, 0) is 24.6 Å². The zero-order chi connectivity index (χ0) is 21.6. The summed E-state index contributed by atoms with van der Waals surface area (Å²) < 4.78 is 16.2. The number of aromatic nitrogens is 1. The number of aliphatic imine (C=N–C) groups is 1. The number of nitroso groups, excluding NO2 is 1. The fourth-order valence-electron chi connectivity index (χ4n) is 3.01. The molecule has 0 radical (unpaired) electrons. The largest absolute Gasteiger partial charge is 0.299 e. The summed E-state index contributed by atoms with van der Waals surface area (Å²) in [4.78, 5) is 20.1. The van der Waals surface area contributed by atoms with E-state index in [4.69, 9.17) is 9.98 Å². The van der Waals surface area contributed by atoms with Gasteiger partial charge in [0.05, 0.1) is 21.7 Å². The molecule has 1 aromatic heterocycles. The van der Waals surface area contributed by atoms with Gasteiger partial charge in [0.15, 0.2) is 5.17 Å². The maximum absolute atomic E-state index is 11.2. The highest BCUT2D eigenvalue weighted by atomic mass is 32.2. The van der Waals surface area contributed by atoms with Crippen molar-refractivity contribution in [3.05, 3.63) is 76.1 Å². The van der Waals surface area contributed by atoms with Gasteiger partial charge in [0.1, 0.15) is 5.01 Å². The Morgan fingerprint density at radius 1 is 1.19 bits per heavy atom. The summed E-state index contributed by atoms with van der Waals surface area (Å²) in [7, 11) is 0. The molecule has 1 fully saturated rings. The number of nitrogens with zero attached hydrogens (tertiary/aromatic N) is 3. The van der Waals surface area contributed by atoms with E-state index in [2.05, 4.69) is 32.5 Å². The third-order valence-electron chi connectivity index (χ3n) is 4.48. The predicted octanol–water partition coefficient (Wildman–Crippen LogP) is 4.39. The Hall–Kier alpha value is -2.60. The molecule has 1 saturated heterocycles. The van der Waals surface area contributed by atoms with Crippen LogP contribution in [-0.2, 0) is 17.6 Å². The molecule has 2 heterocycles. The highest BCUT2D eigenvalue weighted by molar-refractivity contribution is 8.14. The molecule has 11 heteroatoms. The van der Waals surface area contributed by atoms with E-state index in [9.17, 15) is 9.12 Å². The molecule has 3 N–H and O–H groups in total. The average Bonchev–Trinajstić information content (AvgIpc) is 3.44. The van der Waals surface area contributed by atoms with Gasteiger partial charge >= 0.3 is 0 Å². The molecule has 2 unspecified atom stereocenters. The maximum Gasteiger partial charge on any atom is 0.281 e. The number of thiazole rings is 1. The number of amidine groups is 1. The van der Waals surface area contributed by atoms with E-state index in [1.807, 2.05) is 42.5 Å². The van der Waals surface area contributed by atoms with E-state index in [0.29, 0.717) is 12.1 Å². The average molecular weight is 473 g/mol. The lowest BCUT2D eigenvalue weighted by Crippen LogP contribution is -2.30. The minimum Gasteiger partial charge on any atom is -0.299 e. The summed E-state index contributed by atoms with van der Waals surface area (Å²) in [6.45, 7) is 2.06. The van der Waals surface area contributed by atoms with Crippen molar-refractivity contribution in [2.24, 2.45) is 9.57 Å². The number of thioether (sulfide) groups is 1. The first kappa shape index (κ1) is 21.6. The van der Waals surface area contributed by atoms with Crippen LogP contribution in [0.3, 0.4) is 0 Å². The zero-order valence-corrected chi connectivity index (χ0v) is 19.0. The summed E-state index contributed by atoms with van der Waals surface area (Å²) in [5.74, 6) is 0. The van der Waals surface area contributed by atoms with E-state index in [1.165, 1.54) is 0 Å². The monoisotopic (exact) mass is 472 g/mol. The van der Waals surface area contributed by atoms with Gasteiger partial charge in [-0.3, -0.25) is 15.1 Å². The lowest BCUT2D eigenvalue weighted by Gasteiger charge is -2.12. The highest BCUT2D eigenvalue weighted by Gasteiger charge is 2.21. The molecule has 0 bridgehead atoms. The SMILES string of the molecule is CC1NNC(=N[C@@H](Cc2ccc(NS(=O)N=O)cc2)c2csc(-c3ccccc3)n2)S1. The van der Waals surface area contributed by atoms with Crippen LogP contribution < -0.4 is 15.6 Å². The van der Waals surface area contributed by atoms with Crippen LogP contribution in [0.4, 0.5) is 5.69 Å². The second-order valence-corrected chi connectivity index (χ2v) is 9.79. The van der Waals surface area contributed by atoms with Gasteiger partial charge < -0.3 is 0 Å². The lowest BCUT2D eigenvalue weighted by molar-refractivity contribution is 0.658. The standard InChI is InChI=1S/C20H20N6O2S3/c1-13-23-24-20(30-13)22-17(11-14-7-9-16(10-8-14)25-31(28)26-27)18-12-29-19(21-18)15-5-3-2-4-6-15/h2-10,12-13,17,23,25H,11H2,1H3,(H,22,24)/t13?,17-,31?/m0/s1. The number of nitrogens with one attached hydrogen (secondary N) is 3. The quantitative estimate of drug-likeness (QED) is 0.420. The van der Waals surface area contributed by atoms with E-state index in [0.717, 1.165) is 27.0 Å². The topological polar surface area (TPSA) is 108 Å². The van der Waals surface area contributed by atoms with Crippen LogP contribution in [-0.4, -0.2) is 19.7 Å². The fourth-order valence-corrected chi connectivity index (χ4v) is 5.02. The summed E-state index contributed by atoms with van der Waals surface area (Å²) >= 11 is 1.26. The third-order valence-corrected chi connectivity index (χ3v) is 6.84. The van der Waals surface area contributed by atoms with Gasteiger partial charge in [-0.15, -0.1) is 16.2 Å². The normalized spacial score (nSPS) is 19.0. The van der Waals surface area contributed by atoms with Crippen LogP contribution in [0.5, 0.6) is 0 Å². The molecule has 1 aliphatic rings. The minimum absolute atomic E-state index is 0.166. The van der Waals surface area contributed by atoms with Crippen LogP contribution in [0.2, 0.25) is 0 Å². The molecule has 3 aromatic rings.